The van der Waals surface area contributed by atoms with Gasteiger partial charge >= 0.3 is 0 Å². The molecule has 21 heavy (non-hydrogen) atoms. The Kier molecular flexibility index (Phi) is 7.12. The van der Waals surface area contributed by atoms with Crippen molar-refractivity contribution in [3.05, 3.63) is 20.8 Å². The van der Waals surface area contributed by atoms with Crippen LogP contribution in [0.15, 0.2) is 15.9 Å². The SMILES string of the molecule is CCC(N)C(c1cc(Br)cs1)N1CCC(OCCO)CC1. The van der Waals surface area contributed by atoms with E-state index in [4.69, 9.17) is 15.6 Å². The molecule has 1 aliphatic rings. The molecule has 0 radical (unpaired) electrons. The number of hydrogen-bond donors (Lipinski definition) is 2. The van der Waals surface area contributed by atoms with E-state index in [9.17, 15) is 0 Å². The number of nitrogens with two attached hydrogens (primary N) is 1. The van der Waals surface area contributed by atoms with Crippen LogP contribution in [0.4, 0.5) is 0 Å². The van der Waals surface area contributed by atoms with Crippen LogP contribution in [-0.4, -0.2) is 48.5 Å². The Morgan fingerprint density at radius 3 is 2.76 bits per heavy atom. The lowest BCUT2D eigenvalue weighted by atomic mass is 9.98. The summed E-state index contributed by atoms with van der Waals surface area (Å²) < 4.78 is 6.78. The second-order valence-electron chi connectivity index (χ2n) is 5.51. The van der Waals surface area contributed by atoms with Gasteiger partial charge in [-0.15, -0.1) is 11.3 Å². The van der Waals surface area contributed by atoms with Gasteiger partial charge in [0.05, 0.1) is 25.4 Å². The van der Waals surface area contributed by atoms with E-state index in [1.165, 1.54) is 4.88 Å². The molecule has 4 nitrogen and oxygen atoms in total. The molecule has 1 aromatic heterocycles. The summed E-state index contributed by atoms with van der Waals surface area (Å²) >= 11 is 5.32. The van der Waals surface area contributed by atoms with Gasteiger partial charge in [0.1, 0.15) is 0 Å². The summed E-state index contributed by atoms with van der Waals surface area (Å²) in [6.45, 7) is 4.71. The fourth-order valence-corrected chi connectivity index (χ4v) is 4.56. The van der Waals surface area contributed by atoms with E-state index in [0.717, 1.165) is 36.8 Å². The first-order chi connectivity index (χ1) is 10.2. The third-order valence-corrected chi connectivity index (χ3v) is 5.84. The summed E-state index contributed by atoms with van der Waals surface area (Å²) in [5.74, 6) is 0. The standard InChI is InChI=1S/C15H25BrN2O2S/c1-2-13(17)15(14-9-11(16)10-21-14)18-5-3-12(4-6-18)20-8-7-19/h9-10,12-13,15,19H,2-8,17H2,1H3. The maximum Gasteiger partial charge on any atom is 0.0701 e. The average Bonchev–Trinajstić information content (AvgIpc) is 2.92. The molecule has 1 aliphatic heterocycles. The molecule has 0 aliphatic carbocycles. The number of rotatable bonds is 7. The van der Waals surface area contributed by atoms with Gasteiger partial charge in [-0.3, -0.25) is 4.90 Å². The molecule has 1 fully saturated rings. The van der Waals surface area contributed by atoms with Gasteiger partial charge in [-0.1, -0.05) is 6.92 Å². The average molecular weight is 377 g/mol. The molecular weight excluding hydrogens is 352 g/mol. The van der Waals surface area contributed by atoms with Crippen molar-refractivity contribution in [1.82, 2.24) is 4.90 Å². The van der Waals surface area contributed by atoms with Crippen LogP contribution in [-0.2, 0) is 4.74 Å². The molecule has 0 amide bonds. The quantitative estimate of drug-likeness (QED) is 0.767. The lowest BCUT2D eigenvalue weighted by Gasteiger charge is -2.39. The Balaban J connectivity index is 1.99. The van der Waals surface area contributed by atoms with E-state index in [1.54, 1.807) is 11.3 Å². The second kappa shape index (κ2) is 8.60. The Morgan fingerprint density at radius 1 is 1.52 bits per heavy atom. The topological polar surface area (TPSA) is 58.7 Å². The predicted octanol–water partition coefficient (Wildman–Crippen LogP) is 2.76. The fourth-order valence-electron chi connectivity index (χ4n) is 2.91. The molecule has 6 heteroatoms. The highest BCUT2D eigenvalue weighted by Gasteiger charge is 2.30. The van der Waals surface area contributed by atoms with Crippen molar-refractivity contribution < 1.29 is 9.84 Å². The van der Waals surface area contributed by atoms with E-state index in [-0.39, 0.29) is 18.8 Å². The van der Waals surface area contributed by atoms with Gasteiger partial charge in [0.25, 0.3) is 0 Å². The summed E-state index contributed by atoms with van der Waals surface area (Å²) in [6.07, 6.45) is 3.28. The minimum absolute atomic E-state index is 0.104. The van der Waals surface area contributed by atoms with E-state index >= 15 is 0 Å². The lowest BCUT2D eigenvalue weighted by Crippen LogP contribution is -2.45. The highest BCUT2D eigenvalue weighted by atomic mass is 79.9. The monoisotopic (exact) mass is 376 g/mol. The van der Waals surface area contributed by atoms with Crippen molar-refractivity contribution in [1.29, 1.82) is 0 Å². The van der Waals surface area contributed by atoms with E-state index < -0.39 is 0 Å². The van der Waals surface area contributed by atoms with Crippen LogP contribution in [0.25, 0.3) is 0 Å². The Labute approximate surface area is 139 Å². The zero-order chi connectivity index (χ0) is 15.2. The Bertz CT molecular complexity index is 422. The Morgan fingerprint density at radius 2 is 2.24 bits per heavy atom. The van der Waals surface area contributed by atoms with Crippen molar-refractivity contribution in [2.45, 2.75) is 44.4 Å². The second-order valence-corrected chi connectivity index (χ2v) is 7.37. The molecule has 0 bridgehead atoms. The number of ether oxygens (including phenoxy) is 1. The number of hydrogen-bond acceptors (Lipinski definition) is 5. The number of likely N-dealkylation sites (tertiary alicyclic amines) is 1. The van der Waals surface area contributed by atoms with Crippen molar-refractivity contribution in [2.24, 2.45) is 5.73 Å². The highest BCUT2D eigenvalue weighted by Crippen LogP contribution is 2.34. The molecule has 2 heterocycles. The molecule has 2 atom stereocenters. The van der Waals surface area contributed by atoms with Crippen LogP contribution in [0.5, 0.6) is 0 Å². The van der Waals surface area contributed by atoms with Gasteiger partial charge < -0.3 is 15.6 Å². The predicted molar refractivity (Wildman–Crippen MR) is 90.7 cm³/mol. The normalized spacial score (nSPS) is 20.6. The largest absolute Gasteiger partial charge is 0.394 e. The molecule has 0 aromatic carbocycles. The van der Waals surface area contributed by atoms with Crippen LogP contribution in [0.3, 0.4) is 0 Å². The van der Waals surface area contributed by atoms with Crippen LogP contribution >= 0.6 is 27.3 Å². The third-order valence-electron chi connectivity index (χ3n) is 4.07. The minimum atomic E-state index is 0.104. The highest BCUT2D eigenvalue weighted by molar-refractivity contribution is 9.10. The van der Waals surface area contributed by atoms with Gasteiger partial charge in [-0.05, 0) is 41.3 Å². The zero-order valence-corrected chi connectivity index (χ0v) is 14.9. The first kappa shape index (κ1) is 17.4. The lowest BCUT2D eigenvalue weighted by molar-refractivity contribution is -0.0175. The van der Waals surface area contributed by atoms with Crippen LogP contribution in [0.2, 0.25) is 0 Å². The van der Waals surface area contributed by atoms with Crippen LogP contribution in [0.1, 0.15) is 37.1 Å². The third kappa shape index (κ3) is 4.74. The van der Waals surface area contributed by atoms with Gasteiger partial charge in [0.15, 0.2) is 0 Å². The number of aliphatic hydroxyl groups excluding tert-OH is 1. The smallest absolute Gasteiger partial charge is 0.0701 e. The van der Waals surface area contributed by atoms with Crippen molar-refractivity contribution in [2.75, 3.05) is 26.3 Å². The molecule has 3 N–H and O–H groups in total. The molecule has 2 unspecified atom stereocenters. The summed E-state index contributed by atoms with van der Waals surface area (Å²) in [7, 11) is 0. The number of thiophene rings is 1. The van der Waals surface area contributed by atoms with Gasteiger partial charge in [-0.2, -0.15) is 0 Å². The summed E-state index contributed by atoms with van der Waals surface area (Å²) in [6, 6.07) is 2.65. The summed E-state index contributed by atoms with van der Waals surface area (Å²) in [4.78, 5) is 3.83. The number of piperidine rings is 1. The number of halogens is 1. The zero-order valence-electron chi connectivity index (χ0n) is 12.5. The maximum absolute atomic E-state index is 8.84. The first-order valence-electron chi connectivity index (χ1n) is 7.61. The number of aliphatic hydroxyl groups is 1. The minimum Gasteiger partial charge on any atom is -0.394 e. The molecule has 0 spiro atoms. The fraction of sp³-hybridized carbons (Fsp3) is 0.733. The van der Waals surface area contributed by atoms with E-state index in [1.807, 2.05) is 0 Å². The molecule has 0 saturated carbocycles. The van der Waals surface area contributed by atoms with Crippen LogP contribution < -0.4 is 5.73 Å². The van der Waals surface area contributed by atoms with Crippen molar-refractivity contribution in [3.63, 3.8) is 0 Å². The maximum atomic E-state index is 8.84. The van der Waals surface area contributed by atoms with Crippen molar-refractivity contribution in [3.8, 4) is 0 Å². The molecule has 1 saturated heterocycles. The van der Waals surface area contributed by atoms with Crippen molar-refractivity contribution >= 4 is 27.3 Å². The van der Waals surface area contributed by atoms with Gasteiger partial charge in [0, 0.05) is 33.9 Å². The number of nitrogens with zero attached hydrogens (tertiary/aromatic N) is 1. The Hall–Kier alpha value is 0.0200. The van der Waals surface area contributed by atoms with Gasteiger partial charge in [-0.25, -0.2) is 0 Å². The van der Waals surface area contributed by atoms with Crippen LogP contribution in [0, 0.1) is 0 Å². The summed E-state index contributed by atoms with van der Waals surface area (Å²) in [5.41, 5.74) is 6.39. The summed E-state index contributed by atoms with van der Waals surface area (Å²) in [5, 5.41) is 11.0. The van der Waals surface area contributed by atoms with E-state index in [2.05, 4.69) is 39.2 Å². The molecule has 120 valence electrons. The van der Waals surface area contributed by atoms with Gasteiger partial charge in [0.2, 0.25) is 0 Å². The first-order valence-corrected chi connectivity index (χ1v) is 9.29. The van der Waals surface area contributed by atoms with E-state index in [0.29, 0.717) is 12.6 Å². The molecular formula is C15H25BrN2O2S. The molecule has 1 aromatic rings. The molecule has 2 rings (SSSR count).